The molecule has 2 saturated heterocycles. The first-order chi connectivity index (χ1) is 9.72. The molecule has 3 rings (SSSR count). The Morgan fingerprint density at radius 1 is 1.20 bits per heavy atom. The topological polar surface area (TPSA) is 19.6 Å². The Labute approximate surface area is 122 Å². The van der Waals surface area contributed by atoms with E-state index in [4.69, 9.17) is 4.42 Å². The first kappa shape index (κ1) is 14.2. The van der Waals surface area contributed by atoms with Crippen molar-refractivity contribution in [2.24, 2.45) is 5.92 Å². The Hall–Kier alpha value is -0.800. The highest BCUT2D eigenvalue weighted by molar-refractivity contribution is 5.05. The third-order valence-corrected chi connectivity index (χ3v) is 5.00. The number of nitrogens with zero attached hydrogens (tertiary/aromatic N) is 2. The Bertz CT molecular complexity index is 426. The molecule has 2 aliphatic rings. The molecule has 0 aliphatic carbocycles. The van der Waals surface area contributed by atoms with E-state index >= 15 is 0 Å². The fourth-order valence-electron chi connectivity index (χ4n) is 4.09. The van der Waals surface area contributed by atoms with Crippen molar-refractivity contribution in [3.8, 4) is 0 Å². The zero-order valence-electron chi connectivity index (χ0n) is 13.0. The average Bonchev–Trinajstić information content (AvgIpc) is 2.84. The van der Waals surface area contributed by atoms with Crippen LogP contribution in [0, 0.1) is 12.8 Å². The van der Waals surface area contributed by atoms with Crippen LogP contribution < -0.4 is 0 Å². The summed E-state index contributed by atoms with van der Waals surface area (Å²) >= 11 is 0. The monoisotopic (exact) mass is 276 g/mol. The van der Waals surface area contributed by atoms with Crippen molar-refractivity contribution in [3.05, 3.63) is 23.7 Å². The van der Waals surface area contributed by atoms with E-state index in [2.05, 4.69) is 29.0 Å². The molecular weight excluding hydrogens is 248 g/mol. The van der Waals surface area contributed by atoms with Gasteiger partial charge in [-0.3, -0.25) is 4.90 Å². The molecule has 1 aromatic rings. The van der Waals surface area contributed by atoms with Crippen molar-refractivity contribution in [1.29, 1.82) is 0 Å². The standard InChI is InChI=1S/C17H28N2O/c1-14-8-9-16(20-14)13-18(2)12-15-6-5-11-19-10-4-3-7-17(15)19/h8-9,15,17H,3-7,10-13H2,1-2H3. The Morgan fingerprint density at radius 2 is 2.05 bits per heavy atom. The predicted octanol–water partition coefficient (Wildman–Crippen LogP) is 3.28. The number of aryl methyl sites for hydroxylation is 1. The SMILES string of the molecule is Cc1ccc(CN(C)CC2CCCN3CCCCC23)o1. The van der Waals surface area contributed by atoms with Gasteiger partial charge >= 0.3 is 0 Å². The lowest BCUT2D eigenvalue weighted by Crippen LogP contribution is -2.50. The van der Waals surface area contributed by atoms with Crippen LogP contribution in [-0.4, -0.2) is 42.5 Å². The number of furan rings is 1. The van der Waals surface area contributed by atoms with Crippen molar-refractivity contribution in [2.75, 3.05) is 26.7 Å². The zero-order chi connectivity index (χ0) is 13.9. The number of fused-ring (bicyclic) bond motifs is 1. The lowest BCUT2D eigenvalue weighted by Gasteiger charge is -2.45. The lowest BCUT2D eigenvalue weighted by atomic mass is 9.83. The minimum absolute atomic E-state index is 0.846. The van der Waals surface area contributed by atoms with Gasteiger partial charge in [-0.1, -0.05) is 6.42 Å². The van der Waals surface area contributed by atoms with Gasteiger partial charge < -0.3 is 9.32 Å². The molecule has 3 heterocycles. The van der Waals surface area contributed by atoms with Crippen LogP contribution in [0.25, 0.3) is 0 Å². The normalized spacial score (nSPS) is 27.8. The third kappa shape index (κ3) is 3.26. The largest absolute Gasteiger partial charge is 0.465 e. The molecule has 1 aromatic heterocycles. The molecule has 0 amide bonds. The molecule has 0 spiro atoms. The maximum Gasteiger partial charge on any atom is 0.118 e. The van der Waals surface area contributed by atoms with Gasteiger partial charge in [0.15, 0.2) is 0 Å². The first-order valence-corrected chi connectivity index (χ1v) is 8.20. The molecule has 2 aliphatic heterocycles. The van der Waals surface area contributed by atoms with Gasteiger partial charge in [0, 0.05) is 12.6 Å². The summed E-state index contributed by atoms with van der Waals surface area (Å²) in [7, 11) is 2.24. The highest BCUT2D eigenvalue weighted by Crippen LogP contribution is 2.31. The fourth-order valence-corrected chi connectivity index (χ4v) is 4.09. The summed E-state index contributed by atoms with van der Waals surface area (Å²) in [5.74, 6) is 2.97. The van der Waals surface area contributed by atoms with Crippen LogP contribution in [0.1, 0.15) is 43.6 Å². The summed E-state index contributed by atoms with van der Waals surface area (Å²) in [6.07, 6.45) is 7.04. The molecule has 0 aromatic carbocycles. The van der Waals surface area contributed by atoms with Gasteiger partial charge in [0.25, 0.3) is 0 Å². The molecule has 112 valence electrons. The molecule has 2 atom stereocenters. The summed E-state index contributed by atoms with van der Waals surface area (Å²) in [5, 5.41) is 0. The van der Waals surface area contributed by atoms with Crippen LogP contribution in [0.15, 0.2) is 16.5 Å². The van der Waals surface area contributed by atoms with Gasteiger partial charge in [0.1, 0.15) is 11.5 Å². The maximum absolute atomic E-state index is 5.70. The minimum atomic E-state index is 0.846. The predicted molar refractivity (Wildman–Crippen MR) is 81.7 cm³/mol. The van der Waals surface area contributed by atoms with E-state index in [1.165, 1.54) is 51.7 Å². The van der Waals surface area contributed by atoms with E-state index in [9.17, 15) is 0 Å². The van der Waals surface area contributed by atoms with E-state index in [0.717, 1.165) is 30.0 Å². The maximum atomic E-state index is 5.70. The summed E-state index contributed by atoms with van der Waals surface area (Å²) in [6.45, 7) is 6.84. The van der Waals surface area contributed by atoms with Crippen LogP contribution in [0.2, 0.25) is 0 Å². The molecule has 2 fully saturated rings. The van der Waals surface area contributed by atoms with Crippen LogP contribution in [0.3, 0.4) is 0 Å². The van der Waals surface area contributed by atoms with E-state index in [-0.39, 0.29) is 0 Å². The van der Waals surface area contributed by atoms with Crippen LogP contribution >= 0.6 is 0 Å². The van der Waals surface area contributed by atoms with E-state index in [0.29, 0.717) is 0 Å². The second kappa shape index (κ2) is 6.31. The van der Waals surface area contributed by atoms with Gasteiger partial charge in [-0.15, -0.1) is 0 Å². The summed E-state index contributed by atoms with van der Waals surface area (Å²) in [6, 6.07) is 5.02. The molecule has 20 heavy (non-hydrogen) atoms. The molecule has 3 heteroatoms. The van der Waals surface area contributed by atoms with Crippen molar-refractivity contribution in [1.82, 2.24) is 9.80 Å². The van der Waals surface area contributed by atoms with Crippen LogP contribution in [0.4, 0.5) is 0 Å². The van der Waals surface area contributed by atoms with Crippen LogP contribution in [-0.2, 0) is 6.54 Å². The van der Waals surface area contributed by atoms with Gasteiger partial charge in [-0.2, -0.15) is 0 Å². The van der Waals surface area contributed by atoms with Gasteiger partial charge in [-0.05, 0) is 70.8 Å². The Kier molecular flexibility index (Phi) is 4.47. The fraction of sp³-hybridized carbons (Fsp3) is 0.765. The molecule has 0 saturated carbocycles. The minimum Gasteiger partial charge on any atom is -0.465 e. The van der Waals surface area contributed by atoms with Crippen molar-refractivity contribution in [3.63, 3.8) is 0 Å². The number of piperidine rings is 2. The van der Waals surface area contributed by atoms with E-state index < -0.39 is 0 Å². The zero-order valence-corrected chi connectivity index (χ0v) is 13.0. The highest BCUT2D eigenvalue weighted by Gasteiger charge is 2.33. The molecule has 2 unspecified atom stereocenters. The van der Waals surface area contributed by atoms with Crippen LogP contribution in [0.5, 0.6) is 0 Å². The van der Waals surface area contributed by atoms with Crippen molar-refractivity contribution >= 4 is 0 Å². The quantitative estimate of drug-likeness (QED) is 0.841. The van der Waals surface area contributed by atoms with E-state index in [1.807, 2.05) is 6.92 Å². The number of rotatable bonds is 4. The molecule has 0 N–H and O–H groups in total. The first-order valence-electron chi connectivity index (χ1n) is 8.20. The van der Waals surface area contributed by atoms with E-state index in [1.54, 1.807) is 0 Å². The highest BCUT2D eigenvalue weighted by atomic mass is 16.3. The molecule has 0 bridgehead atoms. The molecule has 3 nitrogen and oxygen atoms in total. The van der Waals surface area contributed by atoms with Gasteiger partial charge in [0.2, 0.25) is 0 Å². The Balaban J connectivity index is 1.55. The summed E-state index contributed by atoms with van der Waals surface area (Å²) < 4.78 is 5.70. The summed E-state index contributed by atoms with van der Waals surface area (Å²) in [5.41, 5.74) is 0. The van der Waals surface area contributed by atoms with Gasteiger partial charge in [-0.25, -0.2) is 0 Å². The molecular formula is C17H28N2O. The third-order valence-electron chi connectivity index (χ3n) is 5.00. The smallest absolute Gasteiger partial charge is 0.118 e. The average molecular weight is 276 g/mol. The van der Waals surface area contributed by atoms with Crippen molar-refractivity contribution in [2.45, 2.75) is 51.6 Å². The summed E-state index contributed by atoms with van der Waals surface area (Å²) in [4.78, 5) is 5.20. The number of hydrogen-bond donors (Lipinski definition) is 0. The lowest BCUT2D eigenvalue weighted by molar-refractivity contribution is 0.0425. The molecule has 0 radical (unpaired) electrons. The van der Waals surface area contributed by atoms with Gasteiger partial charge in [0.05, 0.1) is 6.54 Å². The Morgan fingerprint density at radius 3 is 2.85 bits per heavy atom. The second-order valence-corrected chi connectivity index (χ2v) is 6.71. The number of hydrogen-bond acceptors (Lipinski definition) is 3. The van der Waals surface area contributed by atoms with Crippen molar-refractivity contribution < 1.29 is 4.42 Å². The second-order valence-electron chi connectivity index (χ2n) is 6.71.